The molecule has 0 amide bonds. The topological polar surface area (TPSA) is 15.3 Å². The lowest BCUT2D eigenvalue weighted by Gasteiger charge is -2.40. The number of rotatable bonds is 7. The molecule has 0 radical (unpaired) electrons. The van der Waals surface area contributed by atoms with Crippen LogP contribution in [0.15, 0.2) is 30.3 Å². The number of likely N-dealkylation sites (tertiary alicyclic amines) is 1. The highest BCUT2D eigenvalue weighted by atomic mass is 15.2. The minimum atomic E-state index is 0.231. The summed E-state index contributed by atoms with van der Waals surface area (Å²) in [6, 6.07) is 12.1. The zero-order valence-electron chi connectivity index (χ0n) is 14.2. The predicted molar refractivity (Wildman–Crippen MR) is 91.5 cm³/mol. The molecule has 0 bridgehead atoms. The van der Waals surface area contributed by atoms with E-state index in [0.717, 1.165) is 12.6 Å². The molecule has 0 aromatic heterocycles. The molecule has 1 aromatic rings. The van der Waals surface area contributed by atoms with Gasteiger partial charge in [-0.25, -0.2) is 0 Å². The number of hydrogen-bond acceptors (Lipinski definition) is 2. The molecule has 0 saturated carbocycles. The standard InChI is InChI=1S/C19H32N2/c1-5-17-13-10-14-21(17)15-19(3,4)18(20-6-2)16-11-8-7-9-12-16/h7-9,11-12,17-18,20H,5-6,10,13-15H2,1-4H3. The van der Waals surface area contributed by atoms with Crippen LogP contribution in [0.4, 0.5) is 0 Å². The first kappa shape index (κ1) is 16.5. The Morgan fingerprint density at radius 2 is 1.95 bits per heavy atom. The summed E-state index contributed by atoms with van der Waals surface area (Å²) in [5.41, 5.74) is 1.64. The van der Waals surface area contributed by atoms with Crippen molar-refractivity contribution in [3.8, 4) is 0 Å². The van der Waals surface area contributed by atoms with Gasteiger partial charge >= 0.3 is 0 Å². The molecule has 1 heterocycles. The van der Waals surface area contributed by atoms with Crippen LogP contribution < -0.4 is 5.32 Å². The lowest BCUT2D eigenvalue weighted by atomic mass is 9.79. The van der Waals surface area contributed by atoms with Crippen LogP contribution in [0, 0.1) is 5.41 Å². The molecule has 0 aliphatic carbocycles. The Morgan fingerprint density at radius 1 is 1.24 bits per heavy atom. The van der Waals surface area contributed by atoms with Gasteiger partial charge in [0, 0.05) is 18.6 Å². The van der Waals surface area contributed by atoms with Gasteiger partial charge in [0.25, 0.3) is 0 Å². The molecule has 2 heteroatoms. The van der Waals surface area contributed by atoms with Gasteiger partial charge in [-0.1, -0.05) is 58.0 Å². The van der Waals surface area contributed by atoms with Gasteiger partial charge in [-0.2, -0.15) is 0 Å². The van der Waals surface area contributed by atoms with Crippen LogP contribution >= 0.6 is 0 Å². The molecule has 21 heavy (non-hydrogen) atoms. The van der Waals surface area contributed by atoms with E-state index in [-0.39, 0.29) is 5.41 Å². The minimum Gasteiger partial charge on any atom is -0.310 e. The molecule has 0 spiro atoms. The Balaban J connectivity index is 2.13. The smallest absolute Gasteiger partial charge is 0.0384 e. The Kier molecular flexibility index (Phi) is 5.83. The number of hydrogen-bond donors (Lipinski definition) is 1. The zero-order valence-corrected chi connectivity index (χ0v) is 14.2. The highest BCUT2D eigenvalue weighted by molar-refractivity contribution is 5.21. The van der Waals surface area contributed by atoms with E-state index in [2.05, 4.69) is 68.2 Å². The van der Waals surface area contributed by atoms with Gasteiger partial charge in [0.2, 0.25) is 0 Å². The molecule has 2 nitrogen and oxygen atoms in total. The van der Waals surface area contributed by atoms with Crippen molar-refractivity contribution in [1.29, 1.82) is 0 Å². The number of nitrogens with one attached hydrogen (secondary N) is 1. The largest absolute Gasteiger partial charge is 0.310 e. The molecule has 1 N–H and O–H groups in total. The van der Waals surface area contributed by atoms with Gasteiger partial charge < -0.3 is 5.32 Å². The fourth-order valence-corrected chi connectivity index (χ4v) is 3.88. The van der Waals surface area contributed by atoms with Crippen molar-refractivity contribution >= 4 is 0 Å². The highest BCUT2D eigenvalue weighted by Gasteiger charge is 2.35. The van der Waals surface area contributed by atoms with Crippen LogP contribution in [0.5, 0.6) is 0 Å². The Labute approximate surface area is 130 Å². The maximum absolute atomic E-state index is 3.72. The van der Waals surface area contributed by atoms with E-state index in [0.29, 0.717) is 6.04 Å². The van der Waals surface area contributed by atoms with E-state index in [9.17, 15) is 0 Å². The molecule has 1 aliphatic rings. The molecule has 2 rings (SSSR count). The van der Waals surface area contributed by atoms with Crippen LogP contribution in [0.2, 0.25) is 0 Å². The number of benzene rings is 1. The highest BCUT2D eigenvalue weighted by Crippen LogP contribution is 2.36. The van der Waals surface area contributed by atoms with Gasteiger partial charge in [-0.05, 0) is 43.3 Å². The zero-order chi connectivity index (χ0) is 15.3. The lowest BCUT2D eigenvalue weighted by molar-refractivity contribution is 0.125. The molecule has 1 fully saturated rings. The maximum Gasteiger partial charge on any atom is 0.0384 e. The molecule has 118 valence electrons. The molecule has 1 saturated heterocycles. The summed E-state index contributed by atoms with van der Waals surface area (Å²) >= 11 is 0. The minimum absolute atomic E-state index is 0.231. The van der Waals surface area contributed by atoms with E-state index in [1.807, 2.05) is 0 Å². The van der Waals surface area contributed by atoms with E-state index in [1.165, 1.54) is 37.9 Å². The third kappa shape index (κ3) is 4.08. The average molecular weight is 288 g/mol. The van der Waals surface area contributed by atoms with Crippen molar-refractivity contribution < 1.29 is 0 Å². The van der Waals surface area contributed by atoms with Gasteiger partial charge in [0.1, 0.15) is 0 Å². The third-order valence-corrected chi connectivity index (χ3v) is 4.90. The van der Waals surface area contributed by atoms with Crippen molar-refractivity contribution in [1.82, 2.24) is 10.2 Å². The first-order valence-corrected chi connectivity index (χ1v) is 8.61. The van der Waals surface area contributed by atoms with E-state index < -0.39 is 0 Å². The second-order valence-electron chi connectivity index (χ2n) is 7.06. The summed E-state index contributed by atoms with van der Waals surface area (Å²) in [7, 11) is 0. The lowest BCUT2D eigenvalue weighted by Crippen LogP contribution is -2.44. The van der Waals surface area contributed by atoms with Crippen molar-refractivity contribution in [2.45, 2.75) is 59.0 Å². The second kappa shape index (κ2) is 7.42. The maximum atomic E-state index is 3.72. The Bertz CT molecular complexity index is 413. The van der Waals surface area contributed by atoms with E-state index >= 15 is 0 Å². The average Bonchev–Trinajstić information content (AvgIpc) is 2.92. The van der Waals surface area contributed by atoms with Crippen LogP contribution in [-0.4, -0.2) is 30.6 Å². The summed E-state index contributed by atoms with van der Waals surface area (Å²) < 4.78 is 0. The summed E-state index contributed by atoms with van der Waals surface area (Å²) in [6.45, 7) is 12.8. The van der Waals surface area contributed by atoms with Crippen molar-refractivity contribution in [3.05, 3.63) is 35.9 Å². The molecular weight excluding hydrogens is 256 g/mol. The Hall–Kier alpha value is -0.860. The van der Waals surface area contributed by atoms with Crippen LogP contribution in [0.1, 0.15) is 58.6 Å². The quantitative estimate of drug-likeness (QED) is 0.807. The van der Waals surface area contributed by atoms with Crippen molar-refractivity contribution in [2.24, 2.45) is 5.41 Å². The summed E-state index contributed by atoms with van der Waals surface area (Å²) in [6.07, 6.45) is 4.03. The normalized spacial score (nSPS) is 21.6. The van der Waals surface area contributed by atoms with Crippen LogP contribution in [0.3, 0.4) is 0 Å². The summed E-state index contributed by atoms with van der Waals surface area (Å²) in [5.74, 6) is 0. The third-order valence-electron chi connectivity index (χ3n) is 4.90. The molecular formula is C19H32N2. The van der Waals surface area contributed by atoms with Crippen molar-refractivity contribution in [2.75, 3.05) is 19.6 Å². The first-order chi connectivity index (χ1) is 10.1. The second-order valence-corrected chi connectivity index (χ2v) is 7.06. The summed E-state index contributed by atoms with van der Waals surface area (Å²) in [5, 5.41) is 3.72. The molecule has 2 atom stereocenters. The van der Waals surface area contributed by atoms with Crippen LogP contribution in [0.25, 0.3) is 0 Å². The fraction of sp³-hybridized carbons (Fsp3) is 0.684. The number of nitrogens with zero attached hydrogens (tertiary/aromatic N) is 1. The van der Waals surface area contributed by atoms with Gasteiger partial charge in [0.15, 0.2) is 0 Å². The monoisotopic (exact) mass is 288 g/mol. The fourth-order valence-electron chi connectivity index (χ4n) is 3.88. The van der Waals surface area contributed by atoms with E-state index in [1.54, 1.807) is 0 Å². The first-order valence-electron chi connectivity index (χ1n) is 8.61. The Morgan fingerprint density at radius 3 is 2.57 bits per heavy atom. The molecule has 2 unspecified atom stereocenters. The molecule has 1 aliphatic heterocycles. The van der Waals surface area contributed by atoms with Gasteiger partial charge in [-0.15, -0.1) is 0 Å². The van der Waals surface area contributed by atoms with Gasteiger partial charge in [-0.3, -0.25) is 4.90 Å². The summed E-state index contributed by atoms with van der Waals surface area (Å²) in [4.78, 5) is 2.72. The van der Waals surface area contributed by atoms with Crippen LogP contribution in [-0.2, 0) is 0 Å². The van der Waals surface area contributed by atoms with Crippen molar-refractivity contribution in [3.63, 3.8) is 0 Å². The predicted octanol–water partition coefficient (Wildman–Crippen LogP) is 4.24. The molecule has 1 aromatic carbocycles. The van der Waals surface area contributed by atoms with Gasteiger partial charge in [0.05, 0.1) is 0 Å². The van der Waals surface area contributed by atoms with E-state index in [4.69, 9.17) is 0 Å². The SMILES string of the molecule is CCNC(c1ccccc1)C(C)(C)CN1CCCC1CC.